The molecule has 1 amide bonds. The van der Waals surface area contributed by atoms with E-state index in [0.29, 0.717) is 35.1 Å². The average molecular weight is 494 g/mol. The quantitative estimate of drug-likeness (QED) is 0.237. The van der Waals surface area contributed by atoms with E-state index in [9.17, 15) is 22.4 Å². The van der Waals surface area contributed by atoms with Gasteiger partial charge in [-0.3, -0.25) is 9.52 Å². The Balaban J connectivity index is 1.21. The molecule has 0 spiro atoms. The molecule has 0 saturated carbocycles. The molecular weight excluding hydrogens is 473 g/mol. The smallest absolute Gasteiger partial charge is 0.323 e. The van der Waals surface area contributed by atoms with Gasteiger partial charge in [-0.25, -0.2) is 17.6 Å². The lowest BCUT2D eigenvalue weighted by atomic mass is 10.1. The minimum atomic E-state index is -3.90. The Morgan fingerprint density at radius 1 is 0.914 bits per heavy atom. The highest BCUT2D eigenvalue weighted by molar-refractivity contribution is 7.92. The molecule has 2 heterocycles. The monoisotopic (exact) mass is 493 g/mol. The molecule has 0 bridgehead atoms. The zero-order chi connectivity index (χ0) is 24.6. The fraction of sp³-hybridized carbons (Fsp3) is 0.0833. The number of sulfonamides is 1. The minimum Gasteiger partial charge on any atom is -0.361 e. The maximum absolute atomic E-state index is 13.3. The summed E-state index contributed by atoms with van der Waals surface area (Å²) >= 11 is 0. The minimum absolute atomic E-state index is 0.0120. The predicted molar refractivity (Wildman–Crippen MR) is 130 cm³/mol. The van der Waals surface area contributed by atoms with E-state index < -0.39 is 15.7 Å². The summed E-state index contributed by atoms with van der Waals surface area (Å²) in [6.45, 7) is 0.376. The molecule has 0 aliphatic carbocycles. The fourth-order valence-electron chi connectivity index (χ4n) is 3.86. The SMILES string of the molecule is O=C(NCCc1c[nH]c2cc(F)ccc12)c1ccc(NS(=O)(=O)c2ccc3[nH]c(=O)[nH]c3c2)cc1. The van der Waals surface area contributed by atoms with Crippen molar-refractivity contribution in [3.63, 3.8) is 0 Å². The van der Waals surface area contributed by atoms with E-state index >= 15 is 0 Å². The van der Waals surface area contributed by atoms with Gasteiger partial charge in [0.15, 0.2) is 0 Å². The number of hydrogen-bond acceptors (Lipinski definition) is 4. The molecule has 5 N–H and O–H groups in total. The summed E-state index contributed by atoms with van der Waals surface area (Å²) in [4.78, 5) is 32.0. The Morgan fingerprint density at radius 2 is 1.69 bits per heavy atom. The molecule has 0 aliphatic rings. The number of halogens is 1. The van der Waals surface area contributed by atoms with E-state index in [1.165, 1.54) is 54.6 Å². The van der Waals surface area contributed by atoms with Crippen LogP contribution in [-0.2, 0) is 16.4 Å². The Hall–Kier alpha value is -4.38. The molecule has 0 atom stereocenters. The van der Waals surface area contributed by atoms with Crippen molar-refractivity contribution in [3.8, 4) is 0 Å². The van der Waals surface area contributed by atoms with Gasteiger partial charge in [0, 0.05) is 34.9 Å². The van der Waals surface area contributed by atoms with Crippen LogP contribution in [0.4, 0.5) is 10.1 Å². The number of aromatic amines is 3. The standard InChI is InChI=1S/C24H20FN5O4S/c25-16-3-7-19-15(13-27-21(19)11-16)9-10-26-23(31)14-1-4-17(5-2-14)30-35(33,34)18-6-8-20-22(12-18)29-24(32)28-20/h1-8,11-13,27,30H,9-10H2,(H,26,31)(H2,28,29,32). The average Bonchev–Trinajstić information content (AvgIpc) is 3.40. The molecule has 0 aliphatic heterocycles. The fourth-order valence-corrected chi connectivity index (χ4v) is 4.95. The second kappa shape index (κ2) is 8.76. The van der Waals surface area contributed by atoms with Gasteiger partial charge >= 0.3 is 5.69 Å². The lowest BCUT2D eigenvalue weighted by Crippen LogP contribution is -2.25. The number of fused-ring (bicyclic) bond motifs is 2. The van der Waals surface area contributed by atoms with E-state index in [0.717, 1.165) is 10.9 Å². The number of anilines is 1. The zero-order valence-electron chi connectivity index (χ0n) is 18.2. The summed E-state index contributed by atoms with van der Waals surface area (Å²) in [6.07, 6.45) is 2.36. The second-order valence-electron chi connectivity index (χ2n) is 7.98. The normalized spacial score (nSPS) is 11.7. The topological polar surface area (TPSA) is 140 Å². The first kappa shape index (κ1) is 22.4. The molecule has 0 saturated heterocycles. The van der Waals surface area contributed by atoms with Crippen LogP contribution in [0.15, 0.2) is 76.6 Å². The number of amides is 1. The van der Waals surface area contributed by atoms with Crippen molar-refractivity contribution < 1.29 is 17.6 Å². The predicted octanol–water partition coefficient (Wildman–Crippen LogP) is 3.25. The molecule has 178 valence electrons. The van der Waals surface area contributed by atoms with Crippen LogP contribution >= 0.6 is 0 Å². The van der Waals surface area contributed by atoms with Crippen molar-refractivity contribution in [3.05, 3.63) is 94.3 Å². The van der Waals surface area contributed by atoms with Gasteiger partial charge in [-0.05, 0) is 72.6 Å². The summed E-state index contributed by atoms with van der Waals surface area (Å²) in [5.74, 6) is -0.616. The third-order valence-corrected chi connectivity index (χ3v) is 6.99. The van der Waals surface area contributed by atoms with E-state index in [-0.39, 0.29) is 22.3 Å². The van der Waals surface area contributed by atoms with Crippen LogP contribution in [0.5, 0.6) is 0 Å². The van der Waals surface area contributed by atoms with Crippen LogP contribution < -0.4 is 15.7 Å². The molecule has 2 aromatic heterocycles. The molecule has 0 fully saturated rings. The number of aromatic nitrogens is 3. The van der Waals surface area contributed by atoms with E-state index in [2.05, 4.69) is 25.0 Å². The number of carbonyl (C=O) groups is 1. The van der Waals surface area contributed by atoms with Gasteiger partial charge in [-0.2, -0.15) is 0 Å². The first-order valence-electron chi connectivity index (χ1n) is 10.7. The van der Waals surface area contributed by atoms with Crippen LogP contribution in [-0.4, -0.2) is 35.8 Å². The first-order chi connectivity index (χ1) is 16.8. The summed E-state index contributed by atoms with van der Waals surface area (Å²) in [5.41, 5.74) is 2.79. The number of rotatable bonds is 7. The number of benzene rings is 3. The molecule has 0 radical (unpaired) electrons. The molecule has 0 unspecified atom stereocenters. The molecule has 5 aromatic rings. The second-order valence-corrected chi connectivity index (χ2v) is 9.66. The first-order valence-corrected chi connectivity index (χ1v) is 12.2. The van der Waals surface area contributed by atoms with E-state index in [4.69, 9.17) is 0 Å². The van der Waals surface area contributed by atoms with Gasteiger partial charge in [0.2, 0.25) is 0 Å². The van der Waals surface area contributed by atoms with Crippen LogP contribution in [0.3, 0.4) is 0 Å². The summed E-state index contributed by atoms with van der Waals surface area (Å²) in [7, 11) is -3.90. The largest absolute Gasteiger partial charge is 0.361 e. The van der Waals surface area contributed by atoms with Gasteiger partial charge in [0.25, 0.3) is 15.9 Å². The summed E-state index contributed by atoms with van der Waals surface area (Å²) in [6, 6.07) is 14.8. The highest BCUT2D eigenvalue weighted by atomic mass is 32.2. The van der Waals surface area contributed by atoms with E-state index in [1.54, 1.807) is 12.3 Å². The summed E-state index contributed by atoms with van der Waals surface area (Å²) in [5, 5.41) is 3.73. The van der Waals surface area contributed by atoms with Gasteiger partial charge in [0.05, 0.1) is 15.9 Å². The molecule has 5 rings (SSSR count). The van der Waals surface area contributed by atoms with Crippen LogP contribution in [0.1, 0.15) is 15.9 Å². The number of H-pyrrole nitrogens is 3. The number of imidazole rings is 1. The van der Waals surface area contributed by atoms with Crippen molar-refractivity contribution in [2.24, 2.45) is 0 Å². The Bertz CT molecular complexity index is 1720. The Morgan fingerprint density at radius 3 is 2.49 bits per heavy atom. The number of carbonyl (C=O) groups excluding carboxylic acids is 1. The van der Waals surface area contributed by atoms with Crippen LogP contribution in [0, 0.1) is 5.82 Å². The van der Waals surface area contributed by atoms with Gasteiger partial charge in [-0.1, -0.05) is 0 Å². The molecule has 11 heteroatoms. The third-order valence-electron chi connectivity index (χ3n) is 5.61. The Kier molecular flexibility index (Phi) is 5.61. The van der Waals surface area contributed by atoms with E-state index in [1.807, 2.05) is 0 Å². The molecule has 9 nitrogen and oxygen atoms in total. The van der Waals surface area contributed by atoms with Crippen molar-refractivity contribution in [2.45, 2.75) is 11.3 Å². The van der Waals surface area contributed by atoms with Crippen molar-refractivity contribution in [1.82, 2.24) is 20.3 Å². The van der Waals surface area contributed by atoms with Gasteiger partial charge in [-0.15, -0.1) is 0 Å². The van der Waals surface area contributed by atoms with Crippen molar-refractivity contribution >= 4 is 43.6 Å². The maximum atomic E-state index is 13.3. The molecule has 3 aromatic carbocycles. The lowest BCUT2D eigenvalue weighted by Gasteiger charge is -2.09. The van der Waals surface area contributed by atoms with Gasteiger partial charge in [0.1, 0.15) is 5.82 Å². The number of nitrogens with one attached hydrogen (secondary N) is 5. The van der Waals surface area contributed by atoms with Crippen molar-refractivity contribution in [1.29, 1.82) is 0 Å². The van der Waals surface area contributed by atoms with Crippen molar-refractivity contribution in [2.75, 3.05) is 11.3 Å². The molecular formula is C24H20FN5O4S. The van der Waals surface area contributed by atoms with Crippen LogP contribution in [0.25, 0.3) is 21.9 Å². The third kappa shape index (κ3) is 4.66. The Labute approximate surface area is 198 Å². The number of hydrogen-bond donors (Lipinski definition) is 5. The zero-order valence-corrected chi connectivity index (χ0v) is 19.0. The highest BCUT2D eigenvalue weighted by Crippen LogP contribution is 2.21. The maximum Gasteiger partial charge on any atom is 0.323 e. The lowest BCUT2D eigenvalue weighted by molar-refractivity contribution is 0.0954. The highest BCUT2D eigenvalue weighted by Gasteiger charge is 2.16. The van der Waals surface area contributed by atoms with Crippen LogP contribution in [0.2, 0.25) is 0 Å². The molecule has 35 heavy (non-hydrogen) atoms. The van der Waals surface area contributed by atoms with Gasteiger partial charge < -0.3 is 20.3 Å². The summed E-state index contributed by atoms with van der Waals surface area (Å²) < 4.78 is 41.2.